The molecule has 1 radical (unpaired) electrons. The molecule has 0 unspecified atom stereocenters. The molecule has 0 spiro atoms. The molecule has 0 atom stereocenters. The average molecular weight is 312 g/mol. The summed E-state index contributed by atoms with van der Waals surface area (Å²) in [5.41, 5.74) is 0.218. The number of aromatic nitrogens is 4. The fourth-order valence-electron chi connectivity index (χ4n) is 0.819. The summed E-state index contributed by atoms with van der Waals surface area (Å²) >= 11 is 0. The molecule has 2 rings (SSSR count). The number of carboxylic acid groups (broad SMARTS) is 2. The van der Waals surface area contributed by atoms with E-state index in [0.717, 1.165) is 0 Å². The predicted molar refractivity (Wildman–Crippen MR) is 58.0 cm³/mol. The number of nitrogens with zero attached hydrogens (tertiary/aromatic N) is 4. The van der Waals surface area contributed by atoms with Crippen molar-refractivity contribution in [1.82, 2.24) is 19.9 Å². The van der Waals surface area contributed by atoms with E-state index in [9.17, 15) is 9.59 Å². The first-order chi connectivity index (χ1) is 8.61. The van der Waals surface area contributed by atoms with Crippen LogP contribution >= 0.6 is 0 Å². The second kappa shape index (κ2) is 8.67. The van der Waals surface area contributed by atoms with Crippen LogP contribution in [-0.4, -0.2) is 42.1 Å². The minimum Gasteiger partial charge on any atom is -0.478 e. The van der Waals surface area contributed by atoms with Gasteiger partial charge in [-0.05, 0) is 0 Å². The maximum absolute atomic E-state index is 10.1. The number of aromatic carboxylic acids is 2. The number of carboxylic acids is 2. The molecule has 2 heterocycles. The Hall–Kier alpha value is -2.38. The van der Waals surface area contributed by atoms with Gasteiger partial charge < -0.3 is 10.2 Å². The van der Waals surface area contributed by atoms with E-state index in [1.165, 1.54) is 37.4 Å². The smallest absolute Gasteiger partial charge is 0.338 e. The van der Waals surface area contributed by atoms with Crippen molar-refractivity contribution in [3.05, 3.63) is 48.6 Å². The normalized spacial score (nSPS) is 8.42. The Morgan fingerprint density at radius 1 is 0.737 bits per heavy atom. The first kappa shape index (κ1) is 16.6. The average Bonchev–Trinajstić information content (AvgIpc) is 2.41. The summed E-state index contributed by atoms with van der Waals surface area (Å²) in [6.45, 7) is 0. The first-order valence-electron chi connectivity index (χ1n) is 4.58. The predicted octanol–water partition coefficient (Wildman–Crippen LogP) is 0.347. The fraction of sp³-hybridized carbons (Fsp3) is 0. The van der Waals surface area contributed by atoms with E-state index in [2.05, 4.69) is 19.9 Å². The van der Waals surface area contributed by atoms with Gasteiger partial charge in [0.15, 0.2) is 0 Å². The Kier molecular flexibility index (Phi) is 7.59. The SMILES string of the molecule is O=C(O)c1cncnc1.O=C(O)c1cncnc1.[Cu]. The Bertz CT molecular complexity index is 474. The van der Waals surface area contributed by atoms with Gasteiger partial charge in [0, 0.05) is 41.9 Å². The minimum atomic E-state index is -1.00. The maximum atomic E-state index is 10.1. The number of carbonyl (C=O) groups is 2. The van der Waals surface area contributed by atoms with E-state index >= 15 is 0 Å². The van der Waals surface area contributed by atoms with Crippen molar-refractivity contribution in [3.8, 4) is 0 Å². The van der Waals surface area contributed by atoms with Gasteiger partial charge in [0.1, 0.15) is 12.7 Å². The molecule has 2 aromatic heterocycles. The fourth-order valence-corrected chi connectivity index (χ4v) is 0.819. The molecule has 8 nitrogen and oxygen atoms in total. The standard InChI is InChI=1S/2C5H4N2O2.Cu/c2*8-5(9)4-1-6-3-7-2-4;/h2*1-3H,(H,8,9);. The Morgan fingerprint density at radius 2 is 1.00 bits per heavy atom. The molecular formula is C10H8CuN4O4. The van der Waals surface area contributed by atoms with Crippen LogP contribution in [0.1, 0.15) is 20.7 Å². The molecule has 0 fully saturated rings. The van der Waals surface area contributed by atoms with Gasteiger partial charge in [0.25, 0.3) is 0 Å². The zero-order chi connectivity index (χ0) is 13.4. The molecular weight excluding hydrogens is 304 g/mol. The molecule has 0 aliphatic heterocycles. The van der Waals surface area contributed by atoms with Gasteiger partial charge in [-0.15, -0.1) is 0 Å². The van der Waals surface area contributed by atoms with Gasteiger partial charge >= 0.3 is 11.9 Å². The number of rotatable bonds is 2. The van der Waals surface area contributed by atoms with Crippen LogP contribution in [0, 0.1) is 0 Å². The van der Waals surface area contributed by atoms with Gasteiger partial charge in [-0.2, -0.15) is 0 Å². The van der Waals surface area contributed by atoms with Crippen molar-refractivity contribution in [2.45, 2.75) is 0 Å². The molecule has 0 aromatic carbocycles. The molecule has 0 amide bonds. The minimum absolute atomic E-state index is 0. The second-order valence-electron chi connectivity index (χ2n) is 2.86. The van der Waals surface area contributed by atoms with Crippen LogP contribution < -0.4 is 0 Å². The third-order valence-corrected chi connectivity index (χ3v) is 1.62. The van der Waals surface area contributed by atoms with Crippen LogP contribution in [0.3, 0.4) is 0 Å². The van der Waals surface area contributed by atoms with E-state index in [1.54, 1.807) is 0 Å². The van der Waals surface area contributed by atoms with E-state index < -0.39 is 11.9 Å². The molecule has 0 aliphatic rings. The van der Waals surface area contributed by atoms with Crippen LogP contribution in [0.2, 0.25) is 0 Å². The molecule has 9 heteroatoms. The monoisotopic (exact) mass is 311 g/mol. The Labute approximate surface area is 118 Å². The Balaban J connectivity index is 0.000000324. The van der Waals surface area contributed by atoms with Gasteiger partial charge in [-0.1, -0.05) is 0 Å². The topological polar surface area (TPSA) is 126 Å². The molecule has 103 valence electrons. The Morgan fingerprint density at radius 3 is 1.16 bits per heavy atom. The van der Waals surface area contributed by atoms with E-state index in [4.69, 9.17) is 10.2 Å². The third-order valence-electron chi connectivity index (χ3n) is 1.62. The van der Waals surface area contributed by atoms with Gasteiger partial charge in [0.05, 0.1) is 11.1 Å². The summed E-state index contributed by atoms with van der Waals surface area (Å²) in [6, 6.07) is 0. The van der Waals surface area contributed by atoms with Crippen LogP contribution in [0.25, 0.3) is 0 Å². The van der Waals surface area contributed by atoms with Crippen molar-refractivity contribution < 1.29 is 36.9 Å². The maximum Gasteiger partial charge on any atom is 0.338 e. The van der Waals surface area contributed by atoms with Crippen LogP contribution in [-0.2, 0) is 17.1 Å². The van der Waals surface area contributed by atoms with Crippen molar-refractivity contribution in [2.24, 2.45) is 0 Å². The quantitative estimate of drug-likeness (QED) is 0.761. The zero-order valence-electron chi connectivity index (χ0n) is 9.27. The van der Waals surface area contributed by atoms with Gasteiger partial charge in [-0.25, -0.2) is 29.5 Å². The van der Waals surface area contributed by atoms with E-state index in [0.29, 0.717) is 0 Å². The first-order valence-corrected chi connectivity index (χ1v) is 4.58. The molecule has 19 heavy (non-hydrogen) atoms. The molecule has 0 saturated heterocycles. The molecule has 2 aromatic rings. The third kappa shape index (κ3) is 6.20. The van der Waals surface area contributed by atoms with Crippen LogP contribution in [0.4, 0.5) is 0 Å². The molecule has 0 saturated carbocycles. The van der Waals surface area contributed by atoms with Gasteiger partial charge in [-0.3, -0.25) is 0 Å². The summed E-state index contributed by atoms with van der Waals surface area (Å²) in [5.74, 6) is -2.01. The van der Waals surface area contributed by atoms with E-state index in [-0.39, 0.29) is 28.2 Å². The van der Waals surface area contributed by atoms with Crippen molar-refractivity contribution in [1.29, 1.82) is 0 Å². The number of hydrogen-bond donors (Lipinski definition) is 2. The largest absolute Gasteiger partial charge is 0.478 e. The second-order valence-corrected chi connectivity index (χ2v) is 2.86. The van der Waals surface area contributed by atoms with E-state index in [1.807, 2.05) is 0 Å². The van der Waals surface area contributed by atoms with Crippen LogP contribution in [0.15, 0.2) is 37.4 Å². The summed E-state index contributed by atoms with van der Waals surface area (Å²) in [4.78, 5) is 34.3. The molecule has 0 aliphatic carbocycles. The summed E-state index contributed by atoms with van der Waals surface area (Å²) < 4.78 is 0. The zero-order valence-corrected chi connectivity index (χ0v) is 10.2. The number of hydrogen-bond acceptors (Lipinski definition) is 6. The molecule has 0 bridgehead atoms. The van der Waals surface area contributed by atoms with Crippen molar-refractivity contribution in [2.75, 3.05) is 0 Å². The van der Waals surface area contributed by atoms with Crippen molar-refractivity contribution in [3.63, 3.8) is 0 Å². The summed E-state index contributed by atoms with van der Waals surface area (Å²) in [5, 5.41) is 16.6. The van der Waals surface area contributed by atoms with Crippen molar-refractivity contribution >= 4 is 11.9 Å². The summed E-state index contributed by atoms with van der Waals surface area (Å²) in [6.07, 6.45) is 7.55. The summed E-state index contributed by atoms with van der Waals surface area (Å²) in [7, 11) is 0. The molecule has 2 N–H and O–H groups in total. The van der Waals surface area contributed by atoms with Crippen LogP contribution in [0.5, 0.6) is 0 Å². The van der Waals surface area contributed by atoms with Gasteiger partial charge in [0.2, 0.25) is 0 Å².